The highest BCUT2D eigenvalue weighted by molar-refractivity contribution is 6.07. The van der Waals surface area contributed by atoms with Gasteiger partial charge >= 0.3 is 0 Å². The van der Waals surface area contributed by atoms with Gasteiger partial charge in [0.1, 0.15) is 5.75 Å². The van der Waals surface area contributed by atoms with E-state index in [9.17, 15) is 14.9 Å². The number of ether oxygens (including phenoxy) is 1. The highest BCUT2D eigenvalue weighted by Crippen LogP contribution is 2.21. The molecule has 0 aliphatic heterocycles. The minimum absolute atomic E-state index is 0.0445. The number of carbonyl (C=O) groups is 1. The summed E-state index contributed by atoms with van der Waals surface area (Å²) in [4.78, 5) is 22.1. The Labute approximate surface area is 120 Å². The molecule has 0 bridgehead atoms. The fourth-order valence-corrected chi connectivity index (χ4v) is 1.74. The molecule has 0 saturated carbocycles. The molecule has 0 atom stereocenters. The van der Waals surface area contributed by atoms with Crippen LogP contribution in [0.25, 0.3) is 0 Å². The van der Waals surface area contributed by atoms with Crippen molar-refractivity contribution in [2.24, 2.45) is 0 Å². The summed E-state index contributed by atoms with van der Waals surface area (Å²) in [6, 6.07) is 10.3. The predicted molar refractivity (Wildman–Crippen MR) is 78.5 cm³/mol. The molecule has 0 unspecified atom stereocenters. The second-order valence-corrected chi connectivity index (χ2v) is 4.21. The quantitative estimate of drug-likeness (QED) is 0.510. The number of nitrogens with one attached hydrogen (secondary N) is 1. The lowest BCUT2D eigenvalue weighted by molar-refractivity contribution is -0.384. The van der Waals surface area contributed by atoms with E-state index < -0.39 is 10.8 Å². The first-order valence-corrected chi connectivity index (χ1v) is 6.00. The van der Waals surface area contributed by atoms with E-state index >= 15 is 0 Å². The Balaban J connectivity index is 2.16. The number of hydrogen-bond acceptors (Lipinski definition) is 5. The third kappa shape index (κ3) is 3.27. The van der Waals surface area contributed by atoms with Gasteiger partial charge in [-0.25, -0.2) is 0 Å². The number of hydrogen-bond donors (Lipinski definition) is 2. The highest BCUT2D eigenvalue weighted by atomic mass is 16.6. The van der Waals surface area contributed by atoms with E-state index in [-0.39, 0.29) is 11.4 Å². The van der Waals surface area contributed by atoms with Crippen LogP contribution in [0.3, 0.4) is 0 Å². The van der Waals surface area contributed by atoms with Gasteiger partial charge in [0.15, 0.2) is 0 Å². The lowest BCUT2D eigenvalue weighted by atomic mass is 10.1. The van der Waals surface area contributed by atoms with Crippen LogP contribution in [0.2, 0.25) is 0 Å². The number of nitro groups is 1. The molecule has 0 aromatic heterocycles. The van der Waals surface area contributed by atoms with Crippen LogP contribution >= 0.6 is 0 Å². The topological polar surface area (TPSA) is 107 Å². The maximum Gasteiger partial charge on any atom is 0.269 e. The van der Waals surface area contributed by atoms with E-state index in [2.05, 4.69) is 5.32 Å². The molecule has 7 heteroatoms. The Kier molecular flexibility index (Phi) is 4.03. The van der Waals surface area contributed by atoms with Crippen LogP contribution in [0.5, 0.6) is 5.75 Å². The zero-order valence-corrected chi connectivity index (χ0v) is 11.2. The number of benzene rings is 2. The largest absolute Gasteiger partial charge is 0.497 e. The Bertz CT molecular complexity index is 683. The molecule has 0 spiro atoms. The maximum atomic E-state index is 12.1. The first kappa shape index (κ1) is 14.3. The Morgan fingerprint density at radius 1 is 1.24 bits per heavy atom. The lowest BCUT2D eigenvalue weighted by Crippen LogP contribution is -2.14. The van der Waals surface area contributed by atoms with Gasteiger partial charge in [-0.15, -0.1) is 0 Å². The number of rotatable bonds is 4. The van der Waals surface area contributed by atoms with Gasteiger partial charge in [0.2, 0.25) is 0 Å². The van der Waals surface area contributed by atoms with Crippen molar-refractivity contribution in [3.8, 4) is 5.75 Å². The van der Waals surface area contributed by atoms with Crippen LogP contribution in [0.15, 0.2) is 42.5 Å². The third-order valence-electron chi connectivity index (χ3n) is 2.84. The van der Waals surface area contributed by atoms with Gasteiger partial charge in [-0.05, 0) is 24.3 Å². The zero-order chi connectivity index (χ0) is 15.4. The molecule has 3 N–H and O–H groups in total. The number of nitro benzene ring substituents is 1. The lowest BCUT2D eigenvalue weighted by Gasteiger charge is -2.08. The van der Waals surface area contributed by atoms with Crippen molar-refractivity contribution in [3.05, 3.63) is 58.1 Å². The minimum atomic E-state index is -0.507. The summed E-state index contributed by atoms with van der Waals surface area (Å²) in [7, 11) is 1.51. The molecule has 7 nitrogen and oxygen atoms in total. The van der Waals surface area contributed by atoms with Crippen LogP contribution in [-0.2, 0) is 0 Å². The number of nitrogens with two attached hydrogens (primary N) is 1. The van der Waals surface area contributed by atoms with E-state index in [1.54, 1.807) is 18.2 Å². The molecule has 0 aliphatic rings. The van der Waals surface area contributed by atoms with Gasteiger partial charge in [0, 0.05) is 29.6 Å². The second kappa shape index (κ2) is 5.91. The molecular formula is C14H13N3O4. The smallest absolute Gasteiger partial charge is 0.269 e. The van der Waals surface area contributed by atoms with E-state index in [0.717, 1.165) is 0 Å². The highest BCUT2D eigenvalue weighted by Gasteiger charge is 2.11. The molecule has 0 fully saturated rings. The summed E-state index contributed by atoms with van der Waals surface area (Å²) in [6.07, 6.45) is 0. The van der Waals surface area contributed by atoms with E-state index in [1.165, 1.54) is 31.4 Å². The summed E-state index contributed by atoms with van der Waals surface area (Å²) in [6.45, 7) is 0. The number of anilines is 2. The van der Waals surface area contributed by atoms with Crippen molar-refractivity contribution in [2.45, 2.75) is 0 Å². The Morgan fingerprint density at radius 2 is 1.90 bits per heavy atom. The van der Waals surface area contributed by atoms with E-state index in [0.29, 0.717) is 17.0 Å². The van der Waals surface area contributed by atoms with Crippen LogP contribution < -0.4 is 15.8 Å². The van der Waals surface area contributed by atoms with Gasteiger partial charge in [-0.3, -0.25) is 14.9 Å². The summed E-state index contributed by atoms with van der Waals surface area (Å²) in [5.41, 5.74) is 6.77. The van der Waals surface area contributed by atoms with Crippen LogP contribution in [0, 0.1) is 10.1 Å². The zero-order valence-electron chi connectivity index (χ0n) is 11.2. The first-order chi connectivity index (χ1) is 10.0. The fraction of sp³-hybridized carbons (Fsp3) is 0.0714. The molecule has 0 heterocycles. The molecular weight excluding hydrogens is 274 g/mol. The Morgan fingerprint density at radius 3 is 2.43 bits per heavy atom. The van der Waals surface area contributed by atoms with Crippen LogP contribution in [0.1, 0.15) is 10.4 Å². The molecule has 108 valence electrons. The van der Waals surface area contributed by atoms with E-state index in [4.69, 9.17) is 10.5 Å². The second-order valence-electron chi connectivity index (χ2n) is 4.21. The molecule has 0 saturated heterocycles. The monoisotopic (exact) mass is 287 g/mol. The van der Waals surface area contributed by atoms with Crippen molar-refractivity contribution < 1.29 is 14.5 Å². The van der Waals surface area contributed by atoms with Gasteiger partial charge in [-0.2, -0.15) is 0 Å². The van der Waals surface area contributed by atoms with Gasteiger partial charge in [0.25, 0.3) is 11.6 Å². The number of amides is 1. The number of nitrogens with zero attached hydrogens (tertiary/aromatic N) is 1. The molecule has 21 heavy (non-hydrogen) atoms. The number of carbonyl (C=O) groups excluding carboxylic acids is 1. The van der Waals surface area contributed by atoms with Crippen molar-refractivity contribution in [1.82, 2.24) is 0 Å². The normalized spacial score (nSPS) is 9.95. The number of methoxy groups -OCH3 is 1. The Hall–Kier alpha value is -3.09. The number of non-ortho nitro benzene ring substituents is 1. The number of nitrogen functional groups attached to an aromatic ring is 1. The SMILES string of the molecule is COc1ccc(C(=O)Nc2ccc([N+](=O)[O-])cc2)c(N)c1. The summed E-state index contributed by atoms with van der Waals surface area (Å²) < 4.78 is 5.01. The molecule has 2 aromatic carbocycles. The molecule has 2 rings (SSSR count). The molecule has 0 radical (unpaired) electrons. The molecule has 0 aliphatic carbocycles. The molecule has 2 aromatic rings. The van der Waals surface area contributed by atoms with Crippen LogP contribution in [0.4, 0.5) is 17.1 Å². The van der Waals surface area contributed by atoms with Gasteiger partial charge in [-0.1, -0.05) is 0 Å². The average molecular weight is 287 g/mol. The standard InChI is InChI=1S/C14H13N3O4/c1-21-11-6-7-12(13(15)8-11)14(18)16-9-2-4-10(5-3-9)17(19)20/h2-8H,15H2,1H3,(H,16,18). The predicted octanol–water partition coefficient (Wildman–Crippen LogP) is 2.44. The summed E-state index contributed by atoms with van der Waals surface area (Å²) in [5, 5.41) is 13.2. The minimum Gasteiger partial charge on any atom is -0.497 e. The van der Waals surface area contributed by atoms with Crippen molar-refractivity contribution in [2.75, 3.05) is 18.2 Å². The van der Waals surface area contributed by atoms with Crippen molar-refractivity contribution in [3.63, 3.8) is 0 Å². The first-order valence-electron chi connectivity index (χ1n) is 6.00. The van der Waals surface area contributed by atoms with Crippen molar-refractivity contribution in [1.29, 1.82) is 0 Å². The molecule has 1 amide bonds. The van der Waals surface area contributed by atoms with Crippen LogP contribution in [-0.4, -0.2) is 17.9 Å². The van der Waals surface area contributed by atoms with Crippen molar-refractivity contribution >= 4 is 23.0 Å². The third-order valence-corrected chi connectivity index (χ3v) is 2.84. The van der Waals surface area contributed by atoms with E-state index in [1.807, 2.05) is 0 Å². The summed E-state index contributed by atoms with van der Waals surface area (Å²) >= 11 is 0. The average Bonchev–Trinajstić information content (AvgIpc) is 2.47. The van der Waals surface area contributed by atoms with Gasteiger partial charge < -0.3 is 15.8 Å². The maximum absolute atomic E-state index is 12.1. The summed E-state index contributed by atoms with van der Waals surface area (Å²) in [5.74, 6) is 0.156. The van der Waals surface area contributed by atoms with Gasteiger partial charge in [0.05, 0.1) is 17.6 Å². The fourth-order valence-electron chi connectivity index (χ4n) is 1.74.